The maximum atomic E-state index is 13.8. The van der Waals surface area contributed by atoms with Gasteiger partial charge < -0.3 is 19.6 Å². The first-order chi connectivity index (χ1) is 11.9. The number of carbonyl (C=O) groups excluding carboxylic acids is 1. The third-order valence-electron chi connectivity index (χ3n) is 3.89. The Bertz CT molecular complexity index is 794. The second kappa shape index (κ2) is 6.60. The van der Waals surface area contributed by atoms with Crippen molar-refractivity contribution in [1.29, 1.82) is 0 Å². The first kappa shape index (κ1) is 17.0. The molecule has 2 heterocycles. The summed E-state index contributed by atoms with van der Waals surface area (Å²) in [5, 5.41) is 11.6. The number of nitrogens with one attached hydrogen (secondary N) is 1. The lowest BCUT2D eigenvalue weighted by atomic mass is 9.94. The first-order valence-corrected chi connectivity index (χ1v) is 7.42. The van der Waals surface area contributed by atoms with Crippen LogP contribution in [0.4, 0.5) is 8.78 Å². The molecule has 0 aliphatic carbocycles. The molecule has 0 bridgehead atoms. The number of halogens is 2. The van der Waals surface area contributed by atoms with Gasteiger partial charge in [0.25, 0.3) is 5.91 Å². The van der Waals surface area contributed by atoms with Crippen molar-refractivity contribution in [2.45, 2.75) is 18.4 Å². The summed E-state index contributed by atoms with van der Waals surface area (Å²) in [5.41, 5.74) is -1.74. The SMILES string of the molecule is O=C(O)CC1(NC(=O)c2coc(-c3c(F)cccc3F)n2)CCOC1. The summed E-state index contributed by atoms with van der Waals surface area (Å²) in [6.45, 7) is 0.371. The zero-order chi connectivity index (χ0) is 18.0. The first-order valence-electron chi connectivity index (χ1n) is 7.42. The smallest absolute Gasteiger partial charge is 0.305 e. The van der Waals surface area contributed by atoms with Gasteiger partial charge in [-0.05, 0) is 18.6 Å². The standard InChI is InChI=1S/C16H14F2N2O5/c17-9-2-1-3-10(18)13(9)15-19-11(7-25-15)14(23)20-16(6-12(21)22)4-5-24-8-16/h1-3,7H,4-6,8H2,(H,20,23)(H,21,22). The van der Waals surface area contributed by atoms with Gasteiger partial charge in [-0.2, -0.15) is 0 Å². The normalized spacial score (nSPS) is 19.8. The van der Waals surface area contributed by atoms with E-state index in [2.05, 4.69) is 10.3 Å². The predicted molar refractivity (Wildman–Crippen MR) is 79.7 cm³/mol. The molecular formula is C16H14F2N2O5. The molecule has 2 aromatic rings. The van der Waals surface area contributed by atoms with Gasteiger partial charge in [0.15, 0.2) is 5.69 Å². The minimum atomic E-state index is -1.08. The highest BCUT2D eigenvalue weighted by Gasteiger charge is 2.39. The Kier molecular flexibility index (Phi) is 4.49. The highest BCUT2D eigenvalue weighted by atomic mass is 19.1. The Morgan fingerprint density at radius 1 is 1.32 bits per heavy atom. The fourth-order valence-corrected chi connectivity index (χ4v) is 2.68. The van der Waals surface area contributed by atoms with Crippen molar-refractivity contribution in [3.05, 3.63) is 41.8 Å². The van der Waals surface area contributed by atoms with Gasteiger partial charge in [0.05, 0.1) is 18.6 Å². The maximum absolute atomic E-state index is 13.8. The third kappa shape index (κ3) is 3.50. The summed E-state index contributed by atoms with van der Waals surface area (Å²) < 4.78 is 37.7. The fourth-order valence-electron chi connectivity index (χ4n) is 2.68. The van der Waals surface area contributed by atoms with E-state index in [4.69, 9.17) is 14.3 Å². The molecule has 1 aromatic carbocycles. The number of aliphatic carboxylic acids is 1. The number of nitrogens with zero attached hydrogens (tertiary/aromatic N) is 1. The molecular weight excluding hydrogens is 338 g/mol. The van der Waals surface area contributed by atoms with Crippen molar-refractivity contribution in [3.8, 4) is 11.5 Å². The van der Waals surface area contributed by atoms with Crippen LogP contribution in [-0.2, 0) is 9.53 Å². The van der Waals surface area contributed by atoms with Gasteiger partial charge in [0.2, 0.25) is 5.89 Å². The van der Waals surface area contributed by atoms with Crippen molar-refractivity contribution in [2.75, 3.05) is 13.2 Å². The Morgan fingerprint density at radius 3 is 2.64 bits per heavy atom. The van der Waals surface area contributed by atoms with Crippen LogP contribution in [0.2, 0.25) is 0 Å². The number of carbonyl (C=O) groups is 2. The third-order valence-corrected chi connectivity index (χ3v) is 3.89. The molecule has 0 radical (unpaired) electrons. The van der Waals surface area contributed by atoms with Crippen LogP contribution >= 0.6 is 0 Å². The Morgan fingerprint density at radius 2 is 2.04 bits per heavy atom. The number of amides is 1. The van der Waals surface area contributed by atoms with Gasteiger partial charge in [-0.3, -0.25) is 9.59 Å². The molecule has 1 amide bonds. The molecule has 7 nitrogen and oxygen atoms in total. The van der Waals surface area contributed by atoms with E-state index in [1.54, 1.807) is 0 Å². The van der Waals surface area contributed by atoms with E-state index in [1.165, 1.54) is 6.07 Å². The van der Waals surface area contributed by atoms with Gasteiger partial charge in [-0.15, -0.1) is 0 Å². The molecule has 132 valence electrons. The molecule has 1 aromatic heterocycles. The van der Waals surface area contributed by atoms with E-state index in [1.807, 2.05) is 0 Å². The summed E-state index contributed by atoms with van der Waals surface area (Å²) in [7, 11) is 0. The zero-order valence-electron chi connectivity index (χ0n) is 12.9. The van der Waals surface area contributed by atoms with Gasteiger partial charge in [-0.25, -0.2) is 13.8 Å². The summed E-state index contributed by atoms with van der Waals surface area (Å²) >= 11 is 0. The van der Waals surface area contributed by atoms with E-state index < -0.39 is 34.6 Å². The quantitative estimate of drug-likeness (QED) is 0.853. The van der Waals surface area contributed by atoms with Crippen LogP contribution in [0.1, 0.15) is 23.3 Å². The number of hydrogen-bond acceptors (Lipinski definition) is 5. The topological polar surface area (TPSA) is 102 Å². The van der Waals surface area contributed by atoms with E-state index in [-0.39, 0.29) is 24.6 Å². The number of oxazole rings is 1. The van der Waals surface area contributed by atoms with Crippen molar-refractivity contribution in [1.82, 2.24) is 10.3 Å². The molecule has 1 atom stereocenters. The highest BCUT2D eigenvalue weighted by Crippen LogP contribution is 2.26. The van der Waals surface area contributed by atoms with Crippen LogP contribution in [0.3, 0.4) is 0 Å². The Balaban J connectivity index is 1.82. The average Bonchev–Trinajstić information content (AvgIpc) is 3.16. The minimum absolute atomic E-state index is 0.0533. The van der Waals surface area contributed by atoms with E-state index in [0.29, 0.717) is 13.0 Å². The molecule has 1 aliphatic rings. The van der Waals surface area contributed by atoms with Crippen LogP contribution in [0, 0.1) is 11.6 Å². The van der Waals surface area contributed by atoms with Crippen molar-refractivity contribution in [3.63, 3.8) is 0 Å². The molecule has 1 unspecified atom stereocenters. The molecule has 9 heteroatoms. The summed E-state index contributed by atoms with van der Waals surface area (Å²) in [4.78, 5) is 27.2. The summed E-state index contributed by atoms with van der Waals surface area (Å²) in [6.07, 6.45) is 0.976. The number of benzene rings is 1. The molecule has 3 rings (SSSR count). The van der Waals surface area contributed by atoms with Crippen molar-refractivity contribution >= 4 is 11.9 Å². The number of hydrogen-bond donors (Lipinski definition) is 2. The number of carboxylic acids is 1. The number of carboxylic acid groups (broad SMARTS) is 1. The highest BCUT2D eigenvalue weighted by molar-refractivity contribution is 5.93. The minimum Gasteiger partial charge on any atom is -0.481 e. The lowest BCUT2D eigenvalue weighted by Gasteiger charge is -2.26. The van der Waals surface area contributed by atoms with E-state index in [9.17, 15) is 18.4 Å². The molecule has 0 spiro atoms. The molecule has 1 saturated heterocycles. The van der Waals surface area contributed by atoms with Gasteiger partial charge in [0.1, 0.15) is 23.5 Å². The average molecular weight is 352 g/mol. The molecule has 1 aliphatic heterocycles. The lowest BCUT2D eigenvalue weighted by Crippen LogP contribution is -2.50. The molecule has 25 heavy (non-hydrogen) atoms. The van der Waals surface area contributed by atoms with Crippen LogP contribution in [0.25, 0.3) is 11.5 Å². The van der Waals surface area contributed by atoms with Crippen LogP contribution < -0.4 is 5.32 Å². The monoisotopic (exact) mass is 352 g/mol. The molecule has 2 N–H and O–H groups in total. The Hall–Kier alpha value is -2.81. The number of aromatic nitrogens is 1. The van der Waals surface area contributed by atoms with Gasteiger partial charge in [-0.1, -0.05) is 6.07 Å². The van der Waals surface area contributed by atoms with Crippen molar-refractivity contribution in [2.24, 2.45) is 0 Å². The summed E-state index contributed by atoms with van der Waals surface area (Å²) in [6, 6.07) is 3.28. The second-order valence-electron chi connectivity index (χ2n) is 5.74. The predicted octanol–water partition coefficient (Wildman–Crippen LogP) is 1.98. The van der Waals surface area contributed by atoms with Crippen molar-refractivity contribution < 1.29 is 32.6 Å². The van der Waals surface area contributed by atoms with E-state index >= 15 is 0 Å². The molecule has 1 fully saturated rings. The molecule has 0 saturated carbocycles. The van der Waals surface area contributed by atoms with Crippen LogP contribution in [-0.4, -0.2) is 40.7 Å². The summed E-state index contributed by atoms with van der Waals surface area (Å²) in [5.74, 6) is -3.92. The van der Waals surface area contributed by atoms with E-state index in [0.717, 1.165) is 18.4 Å². The largest absolute Gasteiger partial charge is 0.481 e. The lowest BCUT2D eigenvalue weighted by molar-refractivity contribution is -0.138. The maximum Gasteiger partial charge on any atom is 0.305 e. The van der Waals surface area contributed by atoms with Gasteiger partial charge >= 0.3 is 5.97 Å². The second-order valence-corrected chi connectivity index (χ2v) is 5.74. The van der Waals surface area contributed by atoms with Gasteiger partial charge in [0, 0.05) is 6.61 Å². The number of ether oxygens (including phenoxy) is 1. The number of rotatable bonds is 5. The zero-order valence-corrected chi connectivity index (χ0v) is 12.9. The fraction of sp³-hybridized carbons (Fsp3) is 0.312. The van der Waals surface area contributed by atoms with Crippen LogP contribution in [0.5, 0.6) is 0 Å². The Labute approximate surface area is 140 Å². The van der Waals surface area contributed by atoms with Crippen LogP contribution in [0.15, 0.2) is 28.9 Å².